The summed E-state index contributed by atoms with van der Waals surface area (Å²) in [6.07, 6.45) is 3.76. The fourth-order valence-corrected chi connectivity index (χ4v) is 3.18. The van der Waals surface area contributed by atoms with Crippen molar-refractivity contribution in [1.82, 2.24) is 9.38 Å². The van der Waals surface area contributed by atoms with Crippen LogP contribution in [0.3, 0.4) is 0 Å². The zero-order chi connectivity index (χ0) is 12.0. The van der Waals surface area contributed by atoms with Crippen LogP contribution in [0.15, 0.2) is 29.9 Å². The van der Waals surface area contributed by atoms with E-state index in [1.807, 2.05) is 16.8 Å². The Morgan fingerprint density at radius 3 is 2.82 bits per heavy atom. The molecule has 0 aliphatic carbocycles. The number of hydrogen-bond donors (Lipinski definition) is 0. The van der Waals surface area contributed by atoms with Crippen molar-refractivity contribution in [3.05, 3.63) is 45.5 Å². The number of hydrogen-bond acceptors (Lipinski definition) is 2. The summed E-state index contributed by atoms with van der Waals surface area (Å²) in [5.41, 5.74) is 2.89. The molecule has 3 aromatic heterocycles. The van der Waals surface area contributed by atoms with Crippen molar-refractivity contribution >= 4 is 40.2 Å². The van der Waals surface area contributed by atoms with Crippen LogP contribution in [0.25, 0.3) is 16.2 Å². The molecule has 86 valence electrons. The molecule has 0 unspecified atom stereocenters. The van der Waals surface area contributed by atoms with Crippen molar-refractivity contribution in [2.45, 2.75) is 6.92 Å². The molecule has 0 saturated heterocycles. The molecule has 0 amide bonds. The zero-order valence-electron chi connectivity index (χ0n) is 8.95. The molecule has 0 atom stereocenters. The molecule has 0 radical (unpaired) electrons. The van der Waals surface area contributed by atoms with Gasteiger partial charge in [0.05, 0.1) is 20.6 Å². The maximum Gasteiger partial charge on any atom is 0.156 e. The van der Waals surface area contributed by atoms with E-state index in [1.165, 1.54) is 10.4 Å². The van der Waals surface area contributed by atoms with Gasteiger partial charge in [-0.3, -0.25) is 0 Å². The van der Waals surface area contributed by atoms with Crippen molar-refractivity contribution in [1.29, 1.82) is 0 Å². The predicted octanol–water partition coefficient (Wildman–Crippen LogP) is 4.68. The molecule has 0 saturated carbocycles. The molecule has 0 bridgehead atoms. The lowest BCUT2D eigenvalue weighted by Crippen LogP contribution is -1.82. The first-order valence-corrected chi connectivity index (χ1v) is 6.67. The van der Waals surface area contributed by atoms with E-state index in [2.05, 4.69) is 23.4 Å². The molecule has 0 spiro atoms. The summed E-state index contributed by atoms with van der Waals surface area (Å²) >= 11 is 13.7. The number of nitrogens with zero attached hydrogens (tertiary/aromatic N) is 2. The first kappa shape index (κ1) is 11.1. The lowest BCUT2D eigenvalue weighted by atomic mass is 10.2. The molecule has 0 fully saturated rings. The van der Waals surface area contributed by atoms with Gasteiger partial charge < -0.3 is 4.40 Å². The highest BCUT2D eigenvalue weighted by Crippen LogP contribution is 2.30. The molecular weight excluding hydrogens is 275 g/mol. The Hall–Kier alpha value is -1.03. The van der Waals surface area contributed by atoms with Gasteiger partial charge in [-0.2, -0.15) is 0 Å². The Labute approximate surface area is 112 Å². The third kappa shape index (κ3) is 1.84. The van der Waals surface area contributed by atoms with Crippen LogP contribution in [0, 0.1) is 6.92 Å². The molecule has 0 aromatic carbocycles. The fourth-order valence-electron chi connectivity index (χ4n) is 1.77. The fraction of sp³-hybridized carbons (Fsp3) is 0.0833. The van der Waals surface area contributed by atoms with Crippen LogP contribution >= 0.6 is 34.5 Å². The van der Waals surface area contributed by atoms with Crippen molar-refractivity contribution in [2.24, 2.45) is 0 Å². The van der Waals surface area contributed by atoms with Crippen LogP contribution in [0.1, 0.15) is 5.56 Å². The van der Waals surface area contributed by atoms with Gasteiger partial charge in [-0.25, -0.2) is 4.98 Å². The molecule has 3 heterocycles. The van der Waals surface area contributed by atoms with E-state index in [0.717, 1.165) is 11.3 Å². The summed E-state index contributed by atoms with van der Waals surface area (Å²) < 4.78 is 1.86. The van der Waals surface area contributed by atoms with Gasteiger partial charge in [0.1, 0.15) is 0 Å². The predicted molar refractivity (Wildman–Crippen MR) is 73.3 cm³/mol. The summed E-state index contributed by atoms with van der Waals surface area (Å²) in [6.45, 7) is 2.07. The van der Waals surface area contributed by atoms with E-state index in [1.54, 1.807) is 17.4 Å². The van der Waals surface area contributed by atoms with Gasteiger partial charge in [0.25, 0.3) is 0 Å². The second-order valence-electron chi connectivity index (χ2n) is 3.80. The van der Waals surface area contributed by atoms with Crippen LogP contribution in [0.2, 0.25) is 10.0 Å². The van der Waals surface area contributed by atoms with Crippen molar-refractivity contribution in [3.8, 4) is 10.6 Å². The van der Waals surface area contributed by atoms with Crippen LogP contribution in [0.5, 0.6) is 0 Å². The minimum absolute atomic E-state index is 0.568. The molecule has 5 heteroatoms. The Morgan fingerprint density at radius 1 is 1.29 bits per heavy atom. The number of pyridine rings is 1. The van der Waals surface area contributed by atoms with E-state index in [-0.39, 0.29) is 0 Å². The molecule has 0 aliphatic heterocycles. The lowest BCUT2D eigenvalue weighted by Gasteiger charge is -1.95. The number of aromatic nitrogens is 2. The molecule has 3 rings (SSSR count). The Morgan fingerprint density at radius 2 is 2.12 bits per heavy atom. The number of halogens is 2. The average Bonchev–Trinajstić information content (AvgIpc) is 2.83. The van der Waals surface area contributed by atoms with Crippen molar-refractivity contribution < 1.29 is 0 Å². The number of aryl methyl sites for hydroxylation is 1. The first-order valence-electron chi connectivity index (χ1n) is 5.03. The quantitative estimate of drug-likeness (QED) is 0.634. The van der Waals surface area contributed by atoms with Crippen LogP contribution in [0.4, 0.5) is 0 Å². The molecule has 3 aromatic rings. The Bertz CT molecular complexity index is 700. The zero-order valence-corrected chi connectivity index (χ0v) is 11.3. The molecule has 0 aliphatic rings. The van der Waals surface area contributed by atoms with E-state index in [0.29, 0.717) is 10.0 Å². The number of rotatable bonds is 1. The second kappa shape index (κ2) is 4.02. The van der Waals surface area contributed by atoms with Gasteiger partial charge in [-0.1, -0.05) is 23.2 Å². The summed E-state index contributed by atoms with van der Waals surface area (Å²) in [6, 6.07) is 3.79. The van der Waals surface area contributed by atoms with Crippen molar-refractivity contribution in [3.63, 3.8) is 0 Å². The van der Waals surface area contributed by atoms with Gasteiger partial charge >= 0.3 is 0 Å². The second-order valence-corrected chi connectivity index (χ2v) is 5.56. The van der Waals surface area contributed by atoms with E-state index in [4.69, 9.17) is 23.2 Å². The maximum absolute atomic E-state index is 6.11. The summed E-state index contributed by atoms with van der Waals surface area (Å²) in [5.74, 6) is 0. The van der Waals surface area contributed by atoms with E-state index in [9.17, 15) is 0 Å². The molecular formula is C12H8Cl2N2S. The summed E-state index contributed by atoms with van der Waals surface area (Å²) in [5, 5.41) is 3.23. The smallest absolute Gasteiger partial charge is 0.156 e. The third-order valence-corrected chi connectivity index (χ3v) is 4.09. The van der Waals surface area contributed by atoms with Gasteiger partial charge in [-0.05, 0) is 30.0 Å². The SMILES string of the molecule is Cc1ccsc1-c1cn2cc(Cl)cc(Cl)c2n1. The first-order chi connectivity index (χ1) is 8.15. The van der Waals surface area contributed by atoms with Crippen LogP contribution in [-0.4, -0.2) is 9.38 Å². The third-order valence-electron chi connectivity index (χ3n) is 2.57. The Kier molecular flexibility index (Phi) is 2.62. The largest absolute Gasteiger partial charge is 0.304 e. The minimum Gasteiger partial charge on any atom is -0.304 e. The minimum atomic E-state index is 0.568. The summed E-state index contributed by atoms with van der Waals surface area (Å²) in [7, 11) is 0. The number of thiophene rings is 1. The maximum atomic E-state index is 6.11. The van der Waals surface area contributed by atoms with Crippen LogP contribution in [-0.2, 0) is 0 Å². The highest BCUT2D eigenvalue weighted by molar-refractivity contribution is 7.13. The van der Waals surface area contributed by atoms with Gasteiger partial charge in [0, 0.05) is 12.4 Å². The number of fused-ring (bicyclic) bond motifs is 1. The highest BCUT2D eigenvalue weighted by atomic mass is 35.5. The Balaban J connectivity index is 2.27. The molecule has 17 heavy (non-hydrogen) atoms. The van der Waals surface area contributed by atoms with Gasteiger partial charge in [0.15, 0.2) is 5.65 Å². The number of imidazole rings is 1. The topological polar surface area (TPSA) is 17.3 Å². The molecule has 2 nitrogen and oxygen atoms in total. The highest BCUT2D eigenvalue weighted by Gasteiger charge is 2.10. The lowest BCUT2D eigenvalue weighted by molar-refractivity contribution is 1.19. The molecule has 0 N–H and O–H groups in total. The monoisotopic (exact) mass is 282 g/mol. The average molecular weight is 283 g/mol. The van der Waals surface area contributed by atoms with Gasteiger partial charge in [-0.15, -0.1) is 11.3 Å². The standard InChI is InChI=1S/C12H8Cl2N2S/c1-7-2-3-17-11(7)10-6-16-5-8(13)4-9(14)12(16)15-10/h2-6H,1H3. The van der Waals surface area contributed by atoms with Gasteiger partial charge in [0.2, 0.25) is 0 Å². The van der Waals surface area contributed by atoms with E-state index < -0.39 is 0 Å². The van der Waals surface area contributed by atoms with Crippen molar-refractivity contribution in [2.75, 3.05) is 0 Å². The summed E-state index contributed by atoms with van der Waals surface area (Å²) in [4.78, 5) is 5.71. The van der Waals surface area contributed by atoms with E-state index >= 15 is 0 Å². The van der Waals surface area contributed by atoms with Crippen LogP contribution < -0.4 is 0 Å². The normalized spacial score (nSPS) is 11.2.